The number of alkyl halides is 3. The minimum absolute atomic E-state index is 0.0915. The van der Waals surface area contributed by atoms with Crippen LogP contribution in [0.3, 0.4) is 0 Å². The number of likely N-dealkylation sites (N-methyl/N-ethyl adjacent to an activating group) is 1. The van der Waals surface area contributed by atoms with E-state index in [1.807, 2.05) is 50.2 Å². The maximum Gasteiger partial charge on any atom is 0.413 e. The molecule has 2 spiro atoms. The third-order valence-corrected chi connectivity index (χ3v) is 9.96. The lowest BCUT2D eigenvalue weighted by molar-refractivity contribution is -0.170. The van der Waals surface area contributed by atoms with Crippen molar-refractivity contribution in [1.82, 2.24) is 4.90 Å². The summed E-state index contributed by atoms with van der Waals surface area (Å²) >= 11 is 0. The molecule has 2 aliphatic heterocycles. The summed E-state index contributed by atoms with van der Waals surface area (Å²) in [5.41, 5.74) is -0.341. The van der Waals surface area contributed by atoms with Crippen LogP contribution >= 0.6 is 0 Å². The van der Waals surface area contributed by atoms with Gasteiger partial charge in [0.1, 0.15) is 6.10 Å². The molecule has 1 saturated carbocycles. The number of fused-ring (bicyclic) bond motifs is 1. The molecular weight excluding hydrogens is 483 g/mol. The summed E-state index contributed by atoms with van der Waals surface area (Å²) in [7, 11) is 3.67. The van der Waals surface area contributed by atoms with Gasteiger partial charge in [-0.2, -0.15) is 13.2 Å². The molecule has 0 amide bonds. The fraction of sp³-hybridized carbons (Fsp3) is 0.586. The molecule has 6 rings (SSSR count). The second kappa shape index (κ2) is 8.02. The van der Waals surface area contributed by atoms with E-state index in [1.54, 1.807) is 6.08 Å². The summed E-state index contributed by atoms with van der Waals surface area (Å²) in [5, 5.41) is 31.4. The highest BCUT2D eigenvalue weighted by atomic mass is 19.4. The molecule has 37 heavy (non-hydrogen) atoms. The van der Waals surface area contributed by atoms with Gasteiger partial charge in [-0.05, 0) is 74.0 Å². The lowest BCUT2D eigenvalue weighted by Gasteiger charge is -2.57. The lowest BCUT2D eigenvalue weighted by Crippen LogP contribution is -2.62. The fourth-order valence-corrected chi connectivity index (χ4v) is 8.17. The molecule has 7 atom stereocenters. The lowest BCUT2D eigenvalue weighted by atomic mass is 9.56. The molecule has 2 bridgehead atoms. The van der Waals surface area contributed by atoms with Crippen LogP contribution in [0.4, 0.5) is 13.2 Å². The Morgan fingerprint density at radius 2 is 1.81 bits per heavy atom. The molecule has 1 aromatic rings. The zero-order chi connectivity index (χ0) is 26.5. The second-order valence-corrected chi connectivity index (χ2v) is 12.0. The number of ether oxygens (including phenoxy) is 1. The van der Waals surface area contributed by atoms with Gasteiger partial charge in [0, 0.05) is 22.9 Å². The van der Waals surface area contributed by atoms with Crippen LogP contribution in [0, 0.1) is 11.3 Å². The van der Waals surface area contributed by atoms with Crippen LogP contribution in [0.15, 0.2) is 53.1 Å². The standard InChI is InChI=1S/C29H34F3NO4/c1-26-13-21(29(30,31)32)19-12-20-24(35)25(36)22(33(2)3)14-27(20)10-11-28(19,37-27)23(26)9-8-18(26)17-6-4-16(15-34)5-7-17/h4-8,12,22-25,34-36H,9-11,13-15H2,1-3H3. The van der Waals surface area contributed by atoms with E-state index in [0.29, 0.717) is 31.3 Å². The Balaban J connectivity index is 1.51. The van der Waals surface area contributed by atoms with Crippen LogP contribution < -0.4 is 0 Å². The van der Waals surface area contributed by atoms with E-state index < -0.39 is 40.6 Å². The van der Waals surface area contributed by atoms with Crippen LogP contribution in [0.1, 0.15) is 50.2 Å². The van der Waals surface area contributed by atoms with Gasteiger partial charge in [0.25, 0.3) is 0 Å². The quantitative estimate of drug-likeness (QED) is 0.562. The van der Waals surface area contributed by atoms with Crippen LogP contribution in [-0.2, 0) is 11.3 Å². The molecular formula is C29H34F3NO4. The third-order valence-electron chi connectivity index (χ3n) is 9.96. The first-order valence-corrected chi connectivity index (χ1v) is 13.0. The molecule has 1 aromatic carbocycles. The topological polar surface area (TPSA) is 73.2 Å². The second-order valence-electron chi connectivity index (χ2n) is 12.0. The summed E-state index contributed by atoms with van der Waals surface area (Å²) in [6.45, 7) is 1.84. The first-order valence-electron chi connectivity index (χ1n) is 13.0. The average molecular weight is 518 g/mol. The largest absolute Gasteiger partial charge is 0.413 e. The molecule has 5 aliphatic rings. The number of nitrogens with zero attached hydrogens (tertiary/aromatic N) is 1. The Labute approximate surface area is 214 Å². The van der Waals surface area contributed by atoms with Gasteiger partial charge in [-0.25, -0.2) is 0 Å². The minimum Gasteiger partial charge on any atom is -0.392 e. The number of benzene rings is 1. The summed E-state index contributed by atoms with van der Waals surface area (Å²) in [6.07, 6.45) is -1.53. The molecule has 0 aromatic heterocycles. The van der Waals surface area contributed by atoms with E-state index >= 15 is 0 Å². The van der Waals surface area contributed by atoms with Crippen LogP contribution in [-0.4, -0.2) is 69.9 Å². The van der Waals surface area contributed by atoms with Gasteiger partial charge in [0.2, 0.25) is 0 Å². The summed E-state index contributed by atoms with van der Waals surface area (Å²) in [6, 6.07) is 7.02. The Morgan fingerprint density at radius 1 is 1.11 bits per heavy atom. The van der Waals surface area contributed by atoms with Crippen molar-refractivity contribution in [3.63, 3.8) is 0 Å². The first kappa shape index (κ1) is 25.3. The number of halogens is 3. The molecule has 5 nitrogen and oxygen atoms in total. The van der Waals surface area contributed by atoms with Gasteiger partial charge in [-0.1, -0.05) is 43.3 Å². The Morgan fingerprint density at radius 3 is 2.43 bits per heavy atom. The van der Waals surface area contributed by atoms with Gasteiger partial charge in [0.15, 0.2) is 0 Å². The van der Waals surface area contributed by atoms with Crippen molar-refractivity contribution in [3.05, 3.63) is 64.3 Å². The number of rotatable bonds is 3. The van der Waals surface area contributed by atoms with Gasteiger partial charge in [-0.3, -0.25) is 0 Å². The van der Waals surface area contributed by atoms with Gasteiger partial charge in [-0.15, -0.1) is 0 Å². The molecule has 7 unspecified atom stereocenters. The predicted molar refractivity (Wildman–Crippen MR) is 132 cm³/mol. The SMILES string of the molecule is CN(C)C1CC23CCC4(O2)C(=C(C(F)(F)F)CC2(C)C(c5ccc(CO)cc5)=CCC24)C=C3C(O)C1O. The van der Waals surface area contributed by atoms with Crippen LogP contribution in [0.25, 0.3) is 5.57 Å². The van der Waals surface area contributed by atoms with E-state index in [0.717, 1.165) is 16.7 Å². The number of aliphatic hydroxyl groups excluding tert-OH is 3. The highest BCUT2D eigenvalue weighted by molar-refractivity contribution is 5.75. The molecule has 2 heterocycles. The monoisotopic (exact) mass is 517 g/mol. The summed E-state index contributed by atoms with van der Waals surface area (Å²) in [5.74, 6) is -0.187. The molecule has 200 valence electrons. The number of hydrogen-bond acceptors (Lipinski definition) is 5. The van der Waals surface area contributed by atoms with E-state index in [1.165, 1.54) is 0 Å². The van der Waals surface area contributed by atoms with Gasteiger partial charge >= 0.3 is 6.18 Å². The fourth-order valence-electron chi connectivity index (χ4n) is 8.17. The van der Waals surface area contributed by atoms with E-state index in [4.69, 9.17) is 4.74 Å². The van der Waals surface area contributed by atoms with Gasteiger partial charge in [0.05, 0.1) is 23.9 Å². The number of aliphatic hydroxyl groups is 3. The molecule has 8 heteroatoms. The maximum atomic E-state index is 14.7. The smallest absolute Gasteiger partial charge is 0.392 e. The zero-order valence-electron chi connectivity index (χ0n) is 21.3. The molecule has 1 saturated heterocycles. The zero-order valence-corrected chi connectivity index (χ0v) is 21.3. The highest BCUT2D eigenvalue weighted by Gasteiger charge is 2.69. The molecule has 0 radical (unpaired) electrons. The van der Waals surface area contributed by atoms with Crippen molar-refractivity contribution in [1.29, 1.82) is 0 Å². The minimum atomic E-state index is -4.56. The van der Waals surface area contributed by atoms with Crippen molar-refractivity contribution < 1.29 is 33.2 Å². The van der Waals surface area contributed by atoms with Crippen molar-refractivity contribution in [3.8, 4) is 0 Å². The molecule has 2 fully saturated rings. The van der Waals surface area contributed by atoms with Crippen molar-refractivity contribution in [2.45, 2.75) is 81.3 Å². The van der Waals surface area contributed by atoms with Crippen LogP contribution in [0.5, 0.6) is 0 Å². The Hall–Kier alpha value is -1.97. The molecule has 3 N–H and O–H groups in total. The van der Waals surface area contributed by atoms with E-state index in [2.05, 4.69) is 6.08 Å². The summed E-state index contributed by atoms with van der Waals surface area (Å²) in [4.78, 5) is 1.86. The third kappa shape index (κ3) is 3.35. The van der Waals surface area contributed by atoms with Crippen molar-refractivity contribution >= 4 is 5.57 Å². The number of allylic oxidation sites excluding steroid dienone is 3. The van der Waals surface area contributed by atoms with Crippen LogP contribution in [0.2, 0.25) is 0 Å². The summed E-state index contributed by atoms with van der Waals surface area (Å²) < 4.78 is 51.1. The Kier molecular flexibility index (Phi) is 5.49. The molecule has 3 aliphatic carbocycles. The predicted octanol–water partition coefficient (Wildman–Crippen LogP) is 4.13. The van der Waals surface area contributed by atoms with E-state index in [-0.39, 0.29) is 30.6 Å². The van der Waals surface area contributed by atoms with Crippen molar-refractivity contribution in [2.75, 3.05) is 14.1 Å². The maximum absolute atomic E-state index is 14.7. The van der Waals surface area contributed by atoms with E-state index in [9.17, 15) is 28.5 Å². The van der Waals surface area contributed by atoms with Gasteiger partial charge < -0.3 is 25.0 Å². The van der Waals surface area contributed by atoms with Crippen molar-refractivity contribution in [2.24, 2.45) is 11.3 Å². The normalized spacial score (nSPS) is 40.8. The first-order chi connectivity index (χ1) is 17.4. The number of hydrogen-bond donors (Lipinski definition) is 3. The highest BCUT2D eigenvalue weighted by Crippen LogP contribution is 2.70. The average Bonchev–Trinajstić information content (AvgIpc) is 3.36. The Bertz CT molecular complexity index is 1220.